The topological polar surface area (TPSA) is 101 Å². The number of carbonyl (C=O) groups excluding carboxylic acids is 2. The molecule has 1 aliphatic rings. The average molecular weight is 222 g/mol. The smallest absolute Gasteiger partial charge is 0.254 e. The second-order valence-corrected chi connectivity index (χ2v) is 3.99. The molecule has 6 heteroatoms. The number of nitrogens with one attached hydrogen (secondary N) is 2. The summed E-state index contributed by atoms with van der Waals surface area (Å²) < 4.78 is 0. The van der Waals surface area contributed by atoms with E-state index in [-0.39, 0.29) is 17.4 Å². The maximum absolute atomic E-state index is 11.8. The minimum atomic E-state index is -0.601. The molecule has 2 amide bonds. The van der Waals surface area contributed by atoms with Crippen LogP contribution in [-0.4, -0.2) is 22.0 Å². The third-order valence-corrected chi connectivity index (χ3v) is 2.88. The summed E-state index contributed by atoms with van der Waals surface area (Å²) in [6.45, 7) is 0. The Morgan fingerprint density at radius 3 is 2.75 bits per heavy atom. The molecule has 0 saturated heterocycles. The highest BCUT2D eigenvalue weighted by atomic mass is 16.2. The first-order chi connectivity index (χ1) is 7.68. The summed E-state index contributed by atoms with van der Waals surface area (Å²) in [5, 5.41) is 8.90. The summed E-state index contributed by atoms with van der Waals surface area (Å²) in [4.78, 5) is 22.8. The van der Waals surface area contributed by atoms with Crippen LogP contribution in [-0.2, 0) is 4.79 Å². The fraction of sp³-hybridized carbons (Fsp3) is 0.500. The van der Waals surface area contributed by atoms with Gasteiger partial charge in [-0.05, 0) is 12.8 Å². The molecule has 16 heavy (non-hydrogen) atoms. The van der Waals surface area contributed by atoms with Crippen molar-refractivity contribution in [1.82, 2.24) is 10.2 Å². The number of carbonyl (C=O) groups is 2. The zero-order valence-corrected chi connectivity index (χ0v) is 8.82. The van der Waals surface area contributed by atoms with Crippen LogP contribution in [0.1, 0.15) is 36.0 Å². The Hall–Kier alpha value is -1.85. The molecule has 1 fully saturated rings. The van der Waals surface area contributed by atoms with Gasteiger partial charge in [0.25, 0.3) is 5.91 Å². The number of hydrogen-bond donors (Lipinski definition) is 3. The molecule has 2 rings (SSSR count). The molecule has 0 aromatic carbocycles. The van der Waals surface area contributed by atoms with E-state index in [0.717, 1.165) is 25.7 Å². The summed E-state index contributed by atoms with van der Waals surface area (Å²) in [6, 6.07) is 0. The van der Waals surface area contributed by atoms with Crippen molar-refractivity contribution in [2.24, 2.45) is 11.7 Å². The van der Waals surface area contributed by atoms with Crippen LogP contribution in [0.4, 0.5) is 5.82 Å². The zero-order chi connectivity index (χ0) is 11.5. The van der Waals surface area contributed by atoms with Crippen LogP contribution in [0.3, 0.4) is 0 Å². The number of nitrogens with zero attached hydrogens (tertiary/aromatic N) is 1. The molecular formula is C10H14N4O2. The average Bonchev–Trinajstić information content (AvgIpc) is 2.86. The number of nitrogens with two attached hydrogens (primary N) is 1. The Kier molecular flexibility index (Phi) is 2.89. The molecular weight excluding hydrogens is 208 g/mol. The van der Waals surface area contributed by atoms with Crippen molar-refractivity contribution in [3.63, 3.8) is 0 Å². The summed E-state index contributed by atoms with van der Waals surface area (Å²) in [5.74, 6) is -0.326. The van der Waals surface area contributed by atoms with Crippen molar-refractivity contribution in [2.75, 3.05) is 5.32 Å². The zero-order valence-electron chi connectivity index (χ0n) is 8.82. The van der Waals surface area contributed by atoms with Crippen LogP contribution in [0.5, 0.6) is 0 Å². The first kappa shape index (κ1) is 10.7. The highest BCUT2D eigenvalue weighted by Gasteiger charge is 2.24. The van der Waals surface area contributed by atoms with E-state index in [2.05, 4.69) is 15.5 Å². The summed E-state index contributed by atoms with van der Waals surface area (Å²) in [5.41, 5.74) is 5.35. The fourth-order valence-corrected chi connectivity index (χ4v) is 1.98. The molecule has 6 nitrogen and oxygen atoms in total. The fourth-order valence-electron chi connectivity index (χ4n) is 1.98. The van der Waals surface area contributed by atoms with Crippen molar-refractivity contribution in [3.05, 3.63) is 11.8 Å². The number of primary amides is 1. The molecule has 1 aliphatic carbocycles. The van der Waals surface area contributed by atoms with Gasteiger partial charge in [0.05, 0.1) is 6.20 Å². The highest BCUT2D eigenvalue weighted by molar-refractivity contribution is 6.02. The molecule has 86 valence electrons. The summed E-state index contributed by atoms with van der Waals surface area (Å²) in [7, 11) is 0. The molecule has 1 aromatic heterocycles. The number of anilines is 1. The second-order valence-electron chi connectivity index (χ2n) is 3.99. The van der Waals surface area contributed by atoms with E-state index in [1.54, 1.807) is 0 Å². The number of amides is 2. The first-order valence-electron chi connectivity index (χ1n) is 5.32. The largest absolute Gasteiger partial charge is 0.365 e. The van der Waals surface area contributed by atoms with Crippen LogP contribution in [0.15, 0.2) is 6.20 Å². The summed E-state index contributed by atoms with van der Waals surface area (Å²) >= 11 is 0. The van der Waals surface area contributed by atoms with Gasteiger partial charge >= 0.3 is 0 Å². The van der Waals surface area contributed by atoms with Gasteiger partial charge in [0, 0.05) is 5.92 Å². The van der Waals surface area contributed by atoms with Gasteiger partial charge in [-0.25, -0.2) is 0 Å². The van der Waals surface area contributed by atoms with Gasteiger partial charge < -0.3 is 11.1 Å². The standard InChI is InChI=1S/C10H14N4O2/c11-8(15)7-5-12-14-9(7)13-10(16)6-3-1-2-4-6/h5-6H,1-4H2,(H2,11,15)(H2,12,13,14,16). The minimum absolute atomic E-state index is 0.0454. The van der Waals surface area contributed by atoms with Crippen molar-refractivity contribution in [3.8, 4) is 0 Å². The third-order valence-electron chi connectivity index (χ3n) is 2.88. The monoisotopic (exact) mass is 222 g/mol. The van der Waals surface area contributed by atoms with Crippen LogP contribution in [0.25, 0.3) is 0 Å². The van der Waals surface area contributed by atoms with Crippen LogP contribution < -0.4 is 11.1 Å². The number of hydrogen-bond acceptors (Lipinski definition) is 3. The lowest BCUT2D eigenvalue weighted by Gasteiger charge is -2.09. The highest BCUT2D eigenvalue weighted by Crippen LogP contribution is 2.26. The van der Waals surface area contributed by atoms with E-state index in [9.17, 15) is 9.59 Å². The van der Waals surface area contributed by atoms with E-state index in [1.165, 1.54) is 6.20 Å². The lowest BCUT2D eigenvalue weighted by atomic mass is 10.1. The van der Waals surface area contributed by atoms with Crippen molar-refractivity contribution >= 4 is 17.6 Å². The SMILES string of the molecule is NC(=O)c1cn[nH]c1NC(=O)C1CCCC1. The van der Waals surface area contributed by atoms with Gasteiger partial charge in [-0.3, -0.25) is 14.7 Å². The van der Waals surface area contributed by atoms with E-state index >= 15 is 0 Å². The van der Waals surface area contributed by atoms with Crippen LogP contribution in [0.2, 0.25) is 0 Å². The normalized spacial score (nSPS) is 16.2. The van der Waals surface area contributed by atoms with Gasteiger partial charge in [0.15, 0.2) is 0 Å². The van der Waals surface area contributed by atoms with Crippen molar-refractivity contribution in [2.45, 2.75) is 25.7 Å². The lowest BCUT2D eigenvalue weighted by molar-refractivity contribution is -0.119. The Balaban J connectivity index is 2.05. The maximum Gasteiger partial charge on any atom is 0.254 e. The van der Waals surface area contributed by atoms with E-state index in [1.807, 2.05) is 0 Å². The maximum atomic E-state index is 11.8. The second kappa shape index (κ2) is 4.34. The van der Waals surface area contributed by atoms with Gasteiger partial charge in [-0.15, -0.1) is 0 Å². The Bertz CT molecular complexity index is 407. The third kappa shape index (κ3) is 2.05. The van der Waals surface area contributed by atoms with Crippen molar-refractivity contribution < 1.29 is 9.59 Å². The molecule has 0 atom stereocenters. The minimum Gasteiger partial charge on any atom is -0.365 e. The van der Waals surface area contributed by atoms with Gasteiger partial charge in [-0.2, -0.15) is 5.10 Å². The first-order valence-corrected chi connectivity index (χ1v) is 5.32. The number of aromatic nitrogens is 2. The van der Waals surface area contributed by atoms with E-state index in [4.69, 9.17) is 5.73 Å². The Morgan fingerprint density at radius 2 is 2.12 bits per heavy atom. The molecule has 0 aliphatic heterocycles. The predicted octanol–water partition coefficient (Wildman–Crippen LogP) is 0.637. The van der Waals surface area contributed by atoms with Crippen LogP contribution in [0, 0.1) is 5.92 Å². The van der Waals surface area contributed by atoms with Crippen molar-refractivity contribution in [1.29, 1.82) is 0 Å². The molecule has 1 heterocycles. The molecule has 1 saturated carbocycles. The molecule has 0 bridgehead atoms. The van der Waals surface area contributed by atoms with E-state index < -0.39 is 5.91 Å². The van der Waals surface area contributed by atoms with Crippen LogP contribution >= 0.6 is 0 Å². The van der Waals surface area contributed by atoms with Gasteiger partial charge in [0.1, 0.15) is 11.4 Å². The number of aromatic amines is 1. The number of H-pyrrole nitrogens is 1. The number of rotatable bonds is 3. The molecule has 4 N–H and O–H groups in total. The lowest BCUT2D eigenvalue weighted by Crippen LogP contribution is -2.22. The summed E-state index contributed by atoms with van der Waals surface area (Å²) in [6.07, 6.45) is 5.30. The quantitative estimate of drug-likeness (QED) is 0.699. The Labute approximate surface area is 92.6 Å². The molecule has 0 spiro atoms. The predicted molar refractivity (Wildman–Crippen MR) is 57.7 cm³/mol. The molecule has 1 aromatic rings. The van der Waals surface area contributed by atoms with E-state index in [0.29, 0.717) is 5.82 Å². The molecule has 0 unspecified atom stereocenters. The van der Waals surface area contributed by atoms with Gasteiger partial charge in [-0.1, -0.05) is 12.8 Å². The molecule has 0 radical (unpaired) electrons. The Morgan fingerprint density at radius 1 is 1.44 bits per heavy atom. The van der Waals surface area contributed by atoms with Gasteiger partial charge in [0.2, 0.25) is 5.91 Å².